The summed E-state index contributed by atoms with van der Waals surface area (Å²) in [6, 6.07) is -1.62. The second-order valence-electron chi connectivity index (χ2n) is 5.41. The van der Waals surface area contributed by atoms with Crippen LogP contribution in [0.1, 0.15) is 33.1 Å². The Bertz CT molecular complexity index is 387. The van der Waals surface area contributed by atoms with E-state index in [1.165, 1.54) is 11.8 Å². The number of alkyl halides is 3. The number of carbonyl (C=O) groups excluding carboxylic acids is 1. The topological polar surface area (TPSA) is 69.6 Å². The van der Waals surface area contributed by atoms with Crippen LogP contribution in [0.2, 0.25) is 0 Å². The van der Waals surface area contributed by atoms with Gasteiger partial charge in [-0.25, -0.2) is 4.79 Å². The van der Waals surface area contributed by atoms with Crippen molar-refractivity contribution in [1.82, 2.24) is 10.2 Å². The summed E-state index contributed by atoms with van der Waals surface area (Å²) < 4.78 is 36.9. The molecule has 2 amide bonds. The lowest BCUT2D eigenvalue weighted by Gasteiger charge is -2.24. The molecule has 0 aromatic carbocycles. The van der Waals surface area contributed by atoms with Gasteiger partial charge in [0, 0.05) is 19.1 Å². The molecule has 1 aliphatic heterocycles. The molecule has 1 aliphatic rings. The molecule has 0 aromatic rings. The smallest absolute Gasteiger partial charge is 0.391 e. The Hall–Kier alpha value is -1.47. The van der Waals surface area contributed by atoms with Crippen LogP contribution in [0.4, 0.5) is 18.0 Å². The molecule has 1 saturated heterocycles. The van der Waals surface area contributed by atoms with Crippen LogP contribution < -0.4 is 5.32 Å². The Labute approximate surface area is 115 Å². The van der Waals surface area contributed by atoms with Crippen molar-refractivity contribution >= 4 is 12.0 Å². The van der Waals surface area contributed by atoms with Crippen molar-refractivity contribution in [2.24, 2.45) is 5.41 Å². The molecular formula is C12H19F3N2O3. The van der Waals surface area contributed by atoms with Crippen molar-refractivity contribution in [2.75, 3.05) is 13.1 Å². The normalized spacial score (nSPS) is 24.6. The number of hydrogen-bond donors (Lipinski definition) is 2. The predicted molar refractivity (Wildman–Crippen MR) is 65.2 cm³/mol. The van der Waals surface area contributed by atoms with E-state index in [-0.39, 0.29) is 19.5 Å². The number of nitrogens with zero attached hydrogens (tertiary/aromatic N) is 1. The van der Waals surface area contributed by atoms with Crippen LogP contribution in [0.3, 0.4) is 0 Å². The van der Waals surface area contributed by atoms with Gasteiger partial charge in [-0.15, -0.1) is 0 Å². The number of carboxylic acid groups (broad SMARTS) is 1. The summed E-state index contributed by atoms with van der Waals surface area (Å²) >= 11 is 0. The summed E-state index contributed by atoms with van der Waals surface area (Å²) in [6.07, 6.45) is -4.96. The van der Waals surface area contributed by atoms with Crippen LogP contribution in [-0.4, -0.2) is 47.3 Å². The molecule has 20 heavy (non-hydrogen) atoms. The summed E-state index contributed by atoms with van der Waals surface area (Å²) in [7, 11) is 0. The van der Waals surface area contributed by atoms with Crippen molar-refractivity contribution in [1.29, 1.82) is 0 Å². The standard InChI is InChI=1S/C12H19F3N2O3/c1-3-8(6-12(13,14)15)16-10(20)17-5-4-11(2,7-17)9(18)19/h8H,3-7H2,1-2H3,(H,16,20)(H,18,19). The van der Waals surface area contributed by atoms with Crippen LogP contribution in [0, 0.1) is 5.41 Å². The average Bonchev–Trinajstić information content (AvgIpc) is 2.70. The van der Waals surface area contributed by atoms with Crippen LogP contribution in [-0.2, 0) is 4.79 Å². The molecule has 1 heterocycles. The minimum atomic E-state index is -4.34. The number of urea groups is 1. The van der Waals surface area contributed by atoms with Gasteiger partial charge >= 0.3 is 18.2 Å². The van der Waals surface area contributed by atoms with E-state index in [1.807, 2.05) is 0 Å². The summed E-state index contributed by atoms with van der Waals surface area (Å²) in [6.45, 7) is 3.32. The van der Waals surface area contributed by atoms with Gasteiger partial charge in [-0.05, 0) is 19.8 Å². The van der Waals surface area contributed by atoms with Crippen molar-refractivity contribution < 1.29 is 27.9 Å². The molecule has 0 bridgehead atoms. The van der Waals surface area contributed by atoms with E-state index in [0.717, 1.165) is 0 Å². The number of rotatable bonds is 4. The van der Waals surface area contributed by atoms with Crippen molar-refractivity contribution in [2.45, 2.75) is 45.3 Å². The van der Waals surface area contributed by atoms with Gasteiger partial charge in [0.1, 0.15) is 0 Å². The molecule has 0 aliphatic carbocycles. The predicted octanol–water partition coefficient (Wildman–Crippen LogP) is 2.22. The van der Waals surface area contributed by atoms with Gasteiger partial charge in [0.15, 0.2) is 0 Å². The number of halogens is 3. The third kappa shape index (κ3) is 4.28. The molecule has 1 rings (SSSR count). The zero-order chi connectivity index (χ0) is 15.6. The second kappa shape index (κ2) is 5.88. The first-order valence-corrected chi connectivity index (χ1v) is 6.43. The monoisotopic (exact) mass is 296 g/mol. The fourth-order valence-electron chi connectivity index (χ4n) is 2.15. The second-order valence-corrected chi connectivity index (χ2v) is 5.41. The quantitative estimate of drug-likeness (QED) is 0.835. The van der Waals surface area contributed by atoms with Crippen LogP contribution >= 0.6 is 0 Å². The highest BCUT2D eigenvalue weighted by Crippen LogP contribution is 2.30. The molecule has 2 atom stereocenters. The summed E-state index contributed by atoms with van der Waals surface area (Å²) in [5, 5.41) is 11.4. The van der Waals surface area contributed by atoms with E-state index >= 15 is 0 Å². The molecular weight excluding hydrogens is 277 g/mol. The molecule has 5 nitrogen and oxygen atoms in total. The van der Waals surface area contributed by atoms with Gasteiger partial charge in [0.25, 0.3) is 0 Å². The lowest BCUT2D eigenvalue weighted by Crippen LogP contribution is -2.46. The van der Waals surface area contributed by atoms with E-state index in [4.69, 9.17) is 5.11 Å². The third-order valence-electron chi connectivity index (χ3n) is 3.58. The summed E-state index contributed by atoms with van der Waals surface area (Å²) in [4.78, 5) is 24.2. The minimum Gasteiger partial charge on any atom is -0.481 e. The summed E-state index contributed by atoms with van der Waals surface area (Å²) in [5.41, 5.74) is -1.02. The van der Waals surface area contributed by atoms with Crippen LogP contribution in [0.15, 0.2) is 0 Å². The maximum Gasteiger partial charge on any atom is 0.391 e. The fraction of sp³-hybridized carbons (Fsp3) is 0.833. The van der Waals surface area contributed by atoms with Gasteiger partial charge in [-0.3, -0.25) is 4.79 Å². The number of carboxylic acids is 1. The Morgan fingerprint density at radius 1 is 1.45 bits per heavy atom. The SMILES string of the molecule is CCC(CC(F)(F)F)NC(=O)N1CCC(C)(C(=O)O)C1. The first kappa shape index (κ1) is 16.6. The molecule has 0 spiro atoms. The number of amides is 2. The maximum absolute atomic E-state index is 12.3. The minimum absolute atomic E-state index is 0.0105. The molecule has 0 radical (unpaired) electrons. The van der Waals surface area contributed by atoms with Crippen molar-refractivity contribution in [3.8, 4) is 0 Å². The van der Waals surface area contributed by atoms with Gasteiger partial charge < -0.3 is 15.3 Å². The van der Waals surface area contributed by atoms with E-state index in [0.29, 0.717) is 6.42 Å². The molecule has 8 heteroatoms. The van der Waals surface area contributed by atoms with Gasteiger partial charge in [0.05, 0.1) is 11.8 Å². The first-order chi connectivity index (χ1) is 9.07. The number of nitrogens with one attached hydrogen (secondary N) is 1. The number of aliphatic carboxylic acids is 1. The van der Waals surface area contributed by atoms with E-state index in [2.05, 4.69) is 5.32 Å². The van der Waals surface area contributed by atoms with E-state index < -0.39 is 36.1 Å². The molecule has 2 unspecified atom stereocenters. The van der Waals surface area contributed by atoms with Crippen molar-refractivity contribution in [3.63, 3.8) is 0 Å². The van der Waals surface area contributed by atoms with Gasteiger partial charge in [-0.1, -0.05) is 6.92 Å². The van der Waals surface area contributed by atoms with Crippen molar-refractivity contribution in [3.05, 3.63) is 0 Å². The fourth-order valence-corrected chi connectivity index (χ4v) is 2.15. The first-order valence-electron chi connectivity index (χ1n) is 6.43. The Morgan fingerprint density at radius 2 is 2.05 bits per heavy atom. The number of hydrogen-bond acceptors (Lipinski definition) is 2. The van der Waals surface area contributed by atoms with E-state index in [1.54, 1.807) is 6.92 Å². The molecule has 2 N–H and O–H groups in total. The lowest BCUT2D eigenvalue weighted by atomic mass is 9.90. The number of carbonyl (C=O) groups is 2. The summed E-state index contributed by atoms with van der Waals surface area (Å²) in [5.74, 6) is -1.00. The highest BCUT2D eigenvalue weighted by atomic mass is 19.4. The zero-order valence-electron chi connectivity index (χ0n) is 11.5. The Kier molecular flexibility index (Phi) is 4.88. The van der Waals surface area contributed by atoms with Crippen LogP contribution in [0.25, 0.3) is 0 Å². The molecule has 0 saturated carbocycles. The Morgan fingerprint density at radius 3 is 2.45 bits per heavy atom. The molecule has 116 valence electrons. The number of likely N-dealkylation sites (tertiary alicyclic amines) is 1. The van der Waals surface area contributed by atoms with Gasteiger partial charge in [0.2, 0.25) is 0 Å². The lowest BCUT2D eigenvalue weighted by molar-refractivity contribution is -0.147. The highest BCUT2D eigenvalue weighted by molar-refractivity contribution is 5.79. The Balaban J connectivity index is 2.57. The highest BCUT2D eigenvalue weighted by Gasteiger charge is 2.42. The third-order valence-corrected chi connectivity index (χ3v) is 3.58. The zero-order valence-corrected chi connectivity index (χ0v) is 11.5. The maximum atomic E-state index is 12.3. The average molecular weight is 296 g/mol. The van der Waals surface area contributed by atoms with Crippen LogP contribution in [0.5, 0.6) is 0 Å². The van der Waals surface area contributed by atoms with Gasteiger partial charge in [-0.2, -0.15) is 13.2 Å². The molecule has 0 aromatic heterocycles. The molecule has 1 fully saturated rings. The largest absolute Gasteiger partial charge is 0.481 e. The van der Waals surface area contributed by atoms with E-state index in [9.17, 15) is 22.8 Å².